The predicted octanol–water partition coefficient (Wildman–Crippen LogP) is 1.54. The average molecular weight is 152 g/mol. The maximum atomic E-state index is 10.6. The number of allylic oxidation sites excluding steroid dienone is 2. The molecule has 0 aromatic carbocycles. The van der Waals surface area contributed by atoms with E-state index in [1.54, 1.807) is 0 Å². The minimum atomic E-state index is -0.278. The van der Waals surface area contributed by atoms with Crippen LogP contribution in [0, 0.1) is 11.8 Å². The zero-order chi connectivity index (χ0) is 8.27. The second kappa shape index (κ2) is 3.37. The minimum Gasteiger partial charge on any atom is -0.466 e. The molecule has 0 bridgehead atoms. The van der Waals surface area contributed by atoms with Crippen molar-refractivity contribution in [1.29, 1.82) is 0 Å². The molecule has 1 aliphatic carbocycles. The zero-order valence-electron chi connectivity index (χ0n) is 6.62. The monoisotopic (exact) mass is 152 g/mol. The summed E-state index contributed by atoms with van der Waals surface area (Å²) in [5, 5.41) is 0. The average Bonchev–Trinajstić information content (AvgIpc) is 2.78. The highest BCUT2D eigenvalue weighted by molar-refractivity contribution is 5.81. The van der Waals surface area contributed by atoms with E-state index >= 15 is 0 Å². The fourth-order valence-corrected chi connectivity index (χ4v) is 0.998. The van der Waals surface area contributed by atoms with Gasteiger partial charge in [-0.2, -0.15) is 0 Å². The Hall–Kier alpha value is -1.05. The fraction of sp³-hybridized carbons (Fsp3) is 0.444. The SMILES string of the molecule is C=CC1CC1C=CC(=O)OC. The van der Waals surface area contributed by atoms with E-state index in [2.05, 4.69) is 11.3 Å². The molecule has 2 nitrogen and oxygen atoms in total. The molecule has 60 valence electrons. The summed E-state index contributed by atoms with van der Waals surface area (Å²) >= 11 is 0. The van der Waals surface area contributed by atoms with Crippen molar-refractivity contribution in [2.24, 2.45) is 11.8 Å². The molecule has 0 aromatic rings. The third kappa shape index (κ3) is 2.22. The quantitative estimate of drug-likeness (QED) is 0.348. The first kappa shape index (κ1) is 8.05. The number of carbonyl (C=O) groups excluding carboxylic acids is 1. The Balaban J connectivity index is 2.27. The molecule has 0 spiro atoms. The third-order valence-electron chi connectivity index (χ3n) is 1.87. The fourth-order valence-electron chi connectivity index (χ4n) is 0.998. The van der Waals surface area contributed by atoms with Crippen LogP contribution in [0.4, 0.5) is 0 Å². The summed E-state index contributed by atoms with van der Waals surface area (Å²) in [6.07, 6.45) is 6.41. The Kier molecular flexibility index (Phi) is 2.47. The van der Waals surface area contributed by atoms with Crippen molar-refractivity contribution >= 4 is 5.97 Å². The van der Waals surface area contributed by atoms with E-state index in [1.165, 1.54) is 13.2 Å². The molecule has 0 N–H and O–H groups in total. The molecule has 2 atom stereocenters. The zero-order valence-corrected chi connectivity index (χ0v) is 6.62. The highest BCUT2D eigenvalue weighted by Crippen LogP contribution is 2.40. The number of ether oxygens (including phenoxy) is 1. The molecule has 0 radical (unpaired) electrons. The smallest absolute Gasteiger partial charge is 0.330 e. The van der Waals surface area contributed by atoms with Crippen molar-refractivity contribution in [3.05, 3.63) is 24.8 Å². The number of carbonyl (C=O) groups is 1. The first-order valence-corrected chi connectivity index (χ1v) is 3.66. The van der Waals surface area contributed by atoms with Gasteiger partial charge >= 0.3 is 5.97 Å². The summed E-state index contributed by atoms with van der Waals surface area (Å²) in [6, 6.07) is 0. The van der Waals surface area contributed by atoms with Crippen LogP contribution in [0.15, 0.2) is 24.8 Å². The van der Waals surface area contributed by atoms with Crippen LogP contribution in [0.5, 0.6) is 0 Å². The van der Waals surface area contributed by atoms with Gasteiger partial charge in [0, 0.05) is 6.08 Å². The van der Waals surface area contributed by atoms with E-state index < -0.39 is 0 Å². The number of rotatable bonds is 3. The molecule has 2 unspecified atom stereocenters. The Bertz CT molecular complexity index is 194. The summed E-state index contributed by atoms with van der Waals surface area (Å²) in [6.45, 7) is 3.67. The summed E-state index contributed by atoms with van der Waals surface area (Å²) < 4.78 is 4.45. The maximum Gasteiger partial charge on any atom is 0.330 e. The normalized spacial score (nSPS) is 28.5. The van der Waals surface area contributed by atoms with E-state index in [1.807, 2.05) is 12.2 Å². The molecule has 0 saturated heterocycles. The molecule has 1 saturated carbocycles. The van der Waals surface area contributed by atoms with Gasteiger partial charge in [-0.1, -0.05) is 12.2 Å². The van der Waals surface area contributed by atoms with Gasteiger partial charge in [0.25, 0.3) is 0 Å². The van der Waals surface area contributed by atoms with Crippen molar-refractivity contribution < 1.29 is 9.53 Å². The predicted molar refractivity (Wildman–Crippen MR) is 43.0 cm³/mol. The van der Waals surface area contributed by atoms with Crippen LogP contribution in [0.2, 0.25) is 0 Å². The lowest BCUT2D eigenvalue weighted by molar-refractivity contribution is -0.134. The summed E-state index contributed by atoms with van der Waals surface area (Å²) in [4.78, 5) is 10.6. The molecule has 11 heavy (non-hydrogen) atoms. The topological polar surface area (TPSA) is 26.3 Å². The highest BCUT2D eigenvalue weighted by atomic mass is 16.5. The van der Waals surface area contributed by atoms with E-state index in [0.29, 0.717) is 11.8 Å². The first-order valence-electron chi connectivity index (χ1n) is 3.66. The van der Waals surface area contributed by atoms with Gasteiger partial charge in [-0.05, 0) is 18.3 Å². The van der Waals surface area contributed by atoms with Gasteiger partial charge < -0.3 is 4.74 Å². The molecule has 0 heterocycles. The molecule has 1 rings (SSSR count). The molecular formula is C9H12O2. The Morgan fingerprint density at radius 1 is 1.64 bits per heavy atom. The minimum absolute atomic E-state index is 0.278. The second-order valence-electron chi connectivity index (χ2n) is 2.68. The summed E-state index contributed by atoms with van der Waals surface area (Å²) in [5.74, 6) is 0.821. The largest absolute Gasteiger partial charge is 0.466 e. The van der Waals surface area contributed by atoms with Gasteiger partial charge in [-0.15, -0.1) is 6.58 Å². The second-order valence-corrected chi connectivity index (χ2v) is 2.68. The molecule has 2 heteroatoms. The molecule has 0 aromatic heterocycles. The molecule has 0 amide bonds. The number of hydrogen-bond donors (Lipinski definition) is 0. The summed E-state index contributed by atoms with van der Waals surface area (Å²) in [5.41, 5.74) is 0. The van der Waals surface area contributed by atoms with E-state index in [-0.39, 0.29) is 5.97 Å². The molecule has 0 aliphatic heterocycles. The van der Waals surface area contributed by atoms with E-state index in [4.69, 9.17) is 0 Å². The Labute approximate surface area is 66.5 Å². The van der Waals surface area contributed by atoms with Crippen LogP contribution in [0.3, 0.4) is 0 Å². The van der Waals surface area contributed by atoms with Gasteiger partial charge in [0.15, 0.2) is 0 Å². The third-order valence-corrected chi connectivity index (χ3v) is 1.87. The standard InChI is InChI=1S/C9H12O2/c1-3-7-6-8(7)4-5-9(10)11-2/h3-5,7-8H,1,6H2,2H3. The van der Waals surface area contributed by atoms with Gasteiger partial charge in [0.1, 0.15) is 0 Å². The number of esters is 1. The van der Waals surface area contributed by atoms with Gasteiger partial charge in [0.05, 0.1) is 7.11 Å². The Morgan fingerprint density at radius 3 is 2.82 bits per heavy atom. The van der Waals surface area contributed by atoms with Crippen molar-refractivity contribution in [1.82, 2.24) is 0 Å². The lowest BCUT2D eigenvalue weighted by atomic mass is 10.3. The van der Waals surface area contributed by atoms with E-state index in [0.717, 1.165) is 6.42 Å². The van der Waals surface area contributed by atoms with E-state index in [9.17, 15) is 4.79 Å². The van der Waals surface area contributed by atoms with Crippen LogP contribution < -0.4 is 0 Å². The lowest BCUT2D eigenvalue weighted by Crippen LogP contribution is -1.93. The molecular weight excluding hydrogens is 140 g/mol. The van der Waals surface area contributed by atoms with Gasteiger partial charge in [-0.3, -0.25) is 0 Å². The van der Waals surface area contributed by atoms with Crippen LogP contribution in [0.25, 0.3) is 0 Å². The van der Waals surface area contributed by atoms with Crippen molar-refractivity contribution in [2.45, 2.75) is 6.42 Å². The number of methoxy groups -OCH3 is 1. The van der Waals surface area contributed by atoms with Crippen molar-refractivity contribution in [3.8, 4) is 0 Å². The lowest BCUT2D eigenvalue weighted by Gasteiger charge is -1.88. The van der Waals surface area contributed by atoms with Crippen molar-refractivity contribution in [2.75, 3.05) is 7.11 Å². The van der Waals surface area contributed by atoms with Gasteiger partial charge in [-0.25, -0.2) is 4.79 Å². The first-order chi connectivity index (χ1) is 5.27. The van der Waals surface area contributed by atoms with Crippen LogP contribution in [-0.2, 0) is 9.53 Å². The Morgan fingerprint density at radius 2 is 2.36 bits per heavy atom. The molecule has 1 fully saturated rings. The maximum absolute atomic E-state index is 10.6. The summed E-state index contributed by atoms with van der Waals surface area (Å²) in [7, 11) is 1.38. The van der Waals surface area contributed by atoms with Crippen LogP contribution in [0.1, 0.15) is 6.42 Å². The molecule has 1 aliphatic rings. The van der Waals surface area contributed by atoms with Gasteiger partial charge in [0.2, 0.25) is 0 Å². The van der Waals surface area contributed by atoms with Crippen LogP contribution >= 0.6 is 0 Å². The van der Waals surface area contributed by atoms with Crippen molar-refractivity contribution in [3.63, 3.8) is 0 Å². The number of hydrogen-bond acceptors (Lipinski definition) is 2. The highest BCUT2D eigenvalue weighted by Gasteiger charge is 2.31. The van der Waals surface area contributed by atoms with Crippen LogP contribution in [-0.4, -0.2) is 13.1 Å².